The topological polar surface area (TPSA) is 72.1 Å². The van der Waals surface area contributed by atoms with E-state index in [0.717, 1.165) is 38.6 Å². The second-order valence-electron chi connectivity index (χ2n) is 9.79. The van der Waals surface area contributed by atoms with Gasteiger partial charge < -0.3 is 4.74 Å². The number of para-hydroxylation sites is 1. The lowest BCUT2D eigenvalue weighted by Gasteiger charge is -2.20. The molecule has 1 aliphatic rings. The van der Waals surface area contributed by atoms with Gasteiger partial charge in [-0.05, 0) is 85.8 Å². The Labute approximate surface area is 243 Å². The Bertz CT molecular complexity index is 1890. The van der Waals surface area contributed by atoms with Crippen LogP contribution in [-0.2, 0) is 4.79 Å². The Kier molecular flexibility index (Phi) is 6.97. The predicted molar refractivity (Wildman–Crippen MR) is 161 cm³/mol. The molecule has 11 heteroatoms. The molecular weight excluding hydrogens is 563 g/mol. The molecule has 7 nitrogen and oxygen atoms in total. The zero-order chi connectivity index (χ0) is 29.6. The minimum absolute atomic E-state index is 0.0143. The Balaban J connectivity index is 1.28. The molecule has 0 radical (unpaired) electrons. The number of hydrogen-bond acceptors (Lipinski definition) is 5. The number of anilines is 1. The van der Waals surface area contributed by atoms with Crippen molar-refractivity contribution >= 4 is 62.4 Å². The number of hydrogen-bond donors (Lipinski definition) is 0. The first-order valence-corrected chi connectivity index (χ1v) is 14.0. The first-order chi connectivity index (χ1) is 20.1. The number of alkyl halides is 3. The fourth-order valence-corrected chi connectivity index (χ4v) is 5.98. The van der Waals surface area contributed by atoms with E-state index in [9.17, 15) is 18.0 Å². The molecule has 1 saturated heterocycles. The van der Waals surface area contributed by atoms with Crippen LogP contribution in [-0.4, -0.2) is 39.1 Å². The SMILES string of the molecule is Cc1cccc(C)c1N1C(=O)CS/C1=N\C=N\c1ccc2c(ccc3c2nc(C)n3-c2ccc(OC(F)(F)F)cc2)c1. The molecule has 6 rings (SSSR count). The molecule has 2 heterocycles. The normalized spacial score (nSPS) is 15.1. The smallest absolute Gasteiger partial charge is 0.406 e. The van der Waals surface area contributed by atoms with E-state index in [0.29, 0.717) is 28.1 Å². The highest BCUT2D eigenvalue weighted by atomic mass is 32.2. The first kappa shape index (κ1) is 27.5. The minimum atomic E-state index is -4.75. The van der Waals surface area contributed by atoms with Crippen LogP contribution in [0, 0.1) is 20.8 Å². The van der Waals surface area contributed by atoms with E-state index in [1.807, 2.05) is 73.9 Å². The summed E-state index contributed by atoms with van der Waals surface area (Å²) < 4.78 is 43.5. The van der Waals surface area contributed by atoms with Gasteiger partial charge in [-0.25, -0.2) is 15.0 Å². The fraction of sp³-hybridized carbons (Fsp3) is 0.161. The van der Waals surface area contributed by atoms with E-state index in [1.54, 1.807) is 17.0 Å². The second-order valence-corrected chi connectivity index (χ2v) is 10.7. The first-order valence-electron chi connectivity index (χ1n) is 13.0. The number of ether oxygens (including phenoxy) is 1. The number of aliphatic imine (C=N–C) groups is 2. The van der Waals surface area contributed by atoms with Crippen molar-refractivity contribution in [3.63, 3.8) is 0 Å². The molecule has 0 spiro atoms. The lowest BCUT2D eigenvalue weighted by molar-refractivity contribution is -0.274. The summed E-state index contributed by atoms with van der Waals surface area (Å²) in [4.78, 5) is 28.1. The van der Waals surface area contributed by atoms with E-state index in [1.165, 1.54) is 30.2 Å². The maximum atomic E-state index is 12.7. The largest absolute Gasteiger partial charge is 0.573 e. The summed E-state index contributed by atoms with van der Waals surface area (Å²) in [6.45, 7) is 5.80. The predicted octanol–water partition coefficient (Wildman–Crippen LogP) is 7.80. The van der Waals surface area contributed by atoms with Crippen LogP contribution in [0.2, 0.25) is 0 Å². The monoisotopic (exact) mass is 587 g/mol. The van der Waals surface area contributed by atoms with Gasteiger partial charge in [0.25, 0.3) is 0 Å². The van der Waals surface area contributed by atoms with Crippen LogP contribution < -0.4 is 9.64 Å². The highest BCUT2D eigenvalue weighted by molar-refractivity contribution is 8.15. The van der Waals surface area contributed by atoms with Gasteiger partial charge in [0.15, 0.2) is 5.17 Å². The molecule has 1 fully saturated rings. The number of aromatic nitrogens is 2. The quantitative estimate of drug-likeness (QED) is 0.155. The van der Waals surface area contributed by atoms with Gasteiger partial charge in [0, 0.05) is 11.1 Å². The van der Waals surface area contributed by atoms with Gasteiger partial charge in [-0.1, -0.05) is 36.0 Å². The molecule has 0 atom stereocenters. The summed E-state index contributed by atoms with van der Waals surface area (Å²) >= 11 is 1.38. The summed E-state index contributed by atoms with van der Waals surface area (Å²) in [6, 6.07) is 21.2. The summed E-state index contributed by atoms with van der Waals surface area (Å²) in [5, 5.41) is 2.42. The Morgan fingerprint density at radius 3 is 2.43 bits per heavy atom. The molecular formula is C31H24F3N5O2S. The van der Waals surface area contributed by atoms with E-state index < -0.39 is 6.36 Å². The van der Waals surface area contributed by atoms with E-state index >= 15 is 0 Å². The van der Waals surface area contributed by atoms with Crippen molar-refractivity contribution in [2.75, 3.05) is 10.7 Å². The average Bonchev–Trinajstić information content (AvgIpc) is 3.47. The number of aryl methyl sites for hydroxylation is 3. The molecule has 212 valence electrons. The number of rotatable bonds is 5. The molecule has 4 aromatic carbocycles. The van der Waals surface area contributed by atoms with Gasteiger partial charge in [0.2, 0.25) is 5.91 Å². The fourth-order valence-electron chi connectivity index (χ4n) is 5.16. The van der Waals surface area contributed by atoms with E-state index in [4.69, 9.17) is 4.98 Å². The maximum absolute atomic E-state index is 12.7. The van der Waals surface area contributed by atoms with Crippen LogP contribution in [0.1, 0.15) is 17.0 Å². The lowest BCUT2D eigenvalue weighted by Crippen LogP contribution is -2.30. The number of imidazole rings is 1. The molecule has 1 aromatic heterocycles. The second kappa shape index (κ2) is 10.6. The van der Waals surface area contributed by atoms with Crippen LogP contribution in [0.4, 0.5) is 24.5 Å². The van der Waals surface area contributed by atoms with Crippen molar-refractivity contribution < 1.29 is 22.7 Å². The number of amidine groups is 1. The highest BCUT2D eigenvalue weighted by Crippen LogP contribution is 2.33. The van der Waals surface area contributed by atoms with Crippen molar-refractivity contribution in [1.82, 2.24) is 9.55 Å². The van der Waals surface area contributed by atoms with Crippen molar-refractivity contribution in [3.05, 3.63) is 89.7 Å². The Morgan fingerprint density at radius 2 is 1.71 bits per heavy atom. The zero-order valence-electron chi connectivity index (χ0n) is 22.8. The number of carbonyl (C=O) groups is 1. The van der Waals surface area contributed by atoms with Crippen LogP contribution in [0.15, 0.2) is 82.8 Å². The molecule has 1 aliphatic heterocycles. The average molecular weight is 588 g/mol. The molecule has 0 unspecified atom stereocenters. The number of amides is 1. The standard InChI is InChI=1S/C31H24F3N5O2S/c1-18-5-4-6-19(2)29(18)39-27(40)16-42-30(39)36-17-35-22-8-13-25-21(15-22)7-14-26-28(25)37-20(3)38(26)23-9-11-24(12-10-23)41-31(32,33)34/h4-15,17H,16H2,1-3H3/b35-17+,36-30-. The van der Waals surface area contributed by atoms with E-state index in [2.05, 4.69) is 14.7 Å². The van der Waals surface area contributed by atoms with E-state index in [-0.39, 0.29) is 11.7 Å². The van der Waals surface area contributed by atoms with Gasteiger partial charge in [-0.15, -0.1) is 13.2 Å². The van der Waals surface area contributed by atoms with Crippen LogP contribution >= 0.6 is 11.8 Å². The highest BCUT2D eigenvalue weighted by Gasteiger charge is 2.32. The summed E-state index contributed by atoms with van der Waals surface area (Å²) in [7, 11) is 0. The maximum Gasteiger partial charge on any atom is 0.573 e. The van der Waals surface area contributed by atoms with Crippen LogP contribution in [0.3, 0.4) is 0 Å². The number of fused-ring (bicyclic) bond motifs is 3. The number of halogens is 3. The Hall–Kier alpha value is -4.64. The molecule has 0 saturated carbocycles. The molecule has 0 bridgehead atoms. The molecule has 0 aliphatic carbocycles. The van der Waals surface area contributed by atoms with Crippen LogP contribution in [0.5, 0.6) is 5.75 Å². The van der Waals surface area contributed by atoms with Gasteiger partial charge in [0.1, 0.15) is 17.9 Å². The molecule has 1 amide bonds. The third-order valence-corrected chi connectivity index (χ3v) is 7.86. The third-order valence-electron chi connectivity index (χ3n) is 6.92. The van der Waals surface area contributed by atoms with Gasteiger partial charge in [-0.3, -0.25) is 14.3 Å². The van der Waals surface area contributed by atoms with Gasteiger partial charge in [-0.2, -0.15) is 0 Å². The molecule has 5 aromatic rings. The summed E-state index contributed by atoms with van der Waals surface area (Å²) in [6.07, 6.45) is -3.28. The lowest BCUT2D eigenvalue weighted by atomic mass is 10.1. The minimum Gasteiger partial charge on any atom is -0.406 e. The number of benzene rings is 4. The molecule has 0 N–H and O–H groups in total. The number of thioether (sulfide) groups is 1. The van der Waals surface area contributed by atoms with Crippen molar-refractivity contribution in [2.45, 2.75) is 27.1 Å². The van der Waals surface area contributed by atoms with Gasteiger partial charge in [0.05, 0.1) is 28.2 Å². The van der Waals surface area contributed by atoms with Gasteiger partial charge >= 0.3 is 6.36 Å². The summed E-state index contributed by atoms with van der Waals surface area (Å²) in [5.41, 5.74) is 5.80. The van der Waals surface area contributed by atoms with Crippen LogP contribution in [0.25, 0.3) is 27.5 Å². The number of carbonyl (C=O) groups excluding carboxylic acids is 1. The molecule has 42 heavy (non-hydrogen) atoms. The summed E-state index contributed by atoms with van der Waals surface area (Å²) in [5.74, 6) is 0.717. The Morgan fingerprint density at radius 1 is 0.976 bits per heavy atom. The third kappa shape index (κ3) is 5.23. The van der Waals surface area contributed by atoms with Crippen molar-refractivity contribution in [3.8, 4) is 11.4 Å². The van der Waals surface area contributed by atoms with Crippen molar-refractivity contribution in [1.29, 1.82) is 0 Å². The zero-order valence-corrected chi connectivity index (χ0v) is 23.6. The number of nitrogens with zero attached hydrogens (tertiary/aromatic N) is 5. The van der Waals surface area contributed by atoms with Crippen molar-refractivity contribution in [2.24, 2.45) is 9.98 Å².